The van der Waals surface area contributed by atoms with Gasteiger partial charge in [0.05, 0.1) is 13.2 Å². The Labute approximate surface area is 99.1 Å². The van der Waals surface area contributed by atoms with Crippen molar-refractivity contribution in [2.24, 2.45) is 0 Å². The van der Waals surface area contributed by atoms with Gasteiger partial charge in [0.1, 0.15) is 0 Å². The van der Waals surface area contributed by atoms with E-state index in [0.29, 0.717) is 0 Å². The lowest BCUT2D eigenvalue weighted by atomic mass is 9.89. The molecule has 1 saturated heterocycles. The molecule has 1 heterocycles. The van der Waals surface area contributed by atoms with Gasteiger partial charge in [-0.15, -0.1) is 0 Å². The Kier molecular flexibility index (Phi) is 4.22. The molecule has 1 aliphatic carbocycles. The summed E-state index contributed by atoms with van der Waals surface area (Å²) in [6, 6.07) is 0.741. The fourth-order valence-electron chi connectivity index (χ4n) is 2.86. The molecule has 0 aromatic carbocycles. The van der Waals surface area contributed by atoms with Gasteiger partial charge < -0.3 is 14.4 Å². The summed E-state index contributed by atoms with van der Waals surface area (Å²) in [4.78, 5) is 2.52. The molecule has 2 aliphatic rings. The molecule has 0 radical (unpaired) electrons. The molecule has 0 aromatic heterocycles. The van der Waals surface area contributed by atoms with E-state index in [2.05, 4.69) is 18.9 Å². The van der Waals surface area contributed by atoms with Crippen molar-refractivity contribution in [2.75, 3.05) is 26.8 Å². The highest BCUT2D eigenvalue weighted by Crippen LogP contribution is 2.37. The zero-order valence-corrected chi connectivity index (χ0v) is 10.7. The van der Waals surface area contributed by atoms with Crippen molar-refractivity contribution in [3.05, 3.63) is 0 Å². The maximum atomic E-state index is 5.75. The molecular weight excluding hydrogens is 202 g/mol. The molecule has 0 atom stereocenters. The lowest BCUT2D eigenvalue weighted by molar-refractivity contribution is -0.183. The van der Waals surface area contributed by atoms with Gasteiger partial charge >= 0.3 is 0 Å². The van der Waals surface area contributed by atoms with Gasteiger partial charge in [0.2, 0.25) is 0 Å². The zero-order chi connectivity index (χ0) is 11.4. The summed E-state index contributed by atoms with van der Waals surface area (Å²) in [6.45, 7) is 5.06. The van der Waals surface area contributed by atoms with Crippen LogP contribution in [0.2, 0.25) is 0 Å². The molecular formula is C13H25NO2. The van der Waals surface area contributed by atoms with Crippen LogP contribution in [0.15, 0.2) is 0 Å². The third-order valence-electron chi connectivity index (χ3n) is 4.02. The topological polar surface area (TPSA) is 21.7 Å². The largest absolute Gasteiger partial charge is 0.348 e. The van der Waals surface area contributed by atoms with Crippen molar-refractivity contribution in [3.8, 4) is 0 Å². The highest BCUT2D eigenvalue weighted by atomic mass is 16.7. The van der Waals surface area contributed by atoms with Gasteiger partial charge in [-0.25, -0.2) is 0 Å². The number of nitrogens with zero attached hydrogens (tertiary/aromatic N) is 1. The van der Waals surface area contributed by atoms with Gasteiger partial charge in [0.25, 0.3) is 0 Å². The molecule has 1 saturated carbocycles. The molecule has 94 valence electrons. The molecule has 16 heavy (non-hydrogen) atoms. The minimum Gasteiger partial charge on any atom is -0.348 e. The Morgan fingerprint density at radius 2 is 1.81 bits per heavy atom. The Hall–Kier alpha value is -0.120. The predicted octanol–water partition coefficient (Wildman–Crippen LogP) is 2.40. The third kappa shape index (κ3) is 2.76. The van der Waals surface area contributed by atoms with Crippen LogP contribution in [0.1, 0.15) is 45.4 Å². The van der Waals surface area contributed by atoms with E-state index in [1.165, 1.54) is 32.2 Å². The van der Waals surface area contributed by atoms with Crippen LogP contribution in [0.4, 0.5) is 0 Å². The lowest BCUT2D eigenvalue weighted by Crippen LogP contribution is -2.43. The zero-order valence-electron chi connectivity index (χ0n) is 10.7. The summed E-state index contributed by atoms with van der Waals surface area (Å²) in [7, 11) is 2.26. The third-order valence-corrected chi connectivity index (χ3v) is 4.02. The second-order valence-corrected chi connectivity index (χ2v) is 5.17. The van der Waals surface area contributed by atoms with Gasteiger partial charge in [-0.3, -0.25) is 0 Å². The van der Waals surface area contributed by atoms with E-state index >= 15 is 0 Å². The summed E-state index contributed by atoms with van der Waals surface area (Å²) in [5.41, 5.74) is 0. The second-order valence-electron chi connectivity index (χ2n) is 5.17. The smallest absolute Gasteiger partial charge is 0.168 e. The van der Waals surface area contributed by atoms with E-state index in [-0.39, 0.29) is 5.79 Å². The highest BCUT2D eigenvalue weighted by molar-refractivity contribution is 4.85. The van der Waals surface area contributed by atoms with Crippen molar-refractivity contribution in [1.82, 2.24) is 4.90 Å². The first-order chi connectivity index (χ1) is 7.76. The van der Waals surface area contributed by atoms with Gasteiger partial charge in [0, 0.05) is 18.9 Å². The fraction of sp³-hybridized carbons (Fsp3) is 1.00. The molecule has 1 aliphatic heterocycles. The minimum atomic E-state index is -0.192. The van der Waals surface area contributed by atoms with Crippen LogP contribution < -0.4 is 0 Å². The summed E-state index contributed by atoms with van der Waals surface area (Å²) in [5.74, 6) is -0.192. The Morgan fingerprint density at radius 3 is 2.38 bits per heavy atom. The fourth-order valence-corrected chi connectivity index (χ4v) is 2.86. The maximum absolute atomic E-state index is 5.75. The van der Waals surface area contributed by atoms with Crippen LogP contribution in [-0.2, 0) is 9.47 Å². The van der Waals surface area contributed by atoms with Gasteiger partial charge in [-0.1, -0.05) is 13.3 Å². The van der Waals surface area contributed by atoms with E-state index in [1.807, 2.05) is 0 Å². The average molecular weight is 227 g/mol. The molecule has 0 N–H and O–H groups in total. The van der Waals surface area contributed by atoms with E-state index in [4.69, 9.17) is 9.47 Å². The van der Waals surface area contributed by atoms with E-state index in [9.17, 15) is 0 Å². The van der Waals surface area contributed by atoms with Crippen LogP contribution in [0.25, 0.3) is 0 Å². The van der Waals surface area contributed by atoms with E-state index < -0.39 is 0 Å². The van der Waals surface area contributed by atoms with Crippen molar-refractivity contribution < 1.29 is 9.47 Å². The molecule has 1 spiro atoms. The first kappa shape index (κ1) is 12.3. The van der Waals surface area contributed by atoms with Crippen LogP contribution >= 0.6 is 0 Å². The van der Waals surface area contributed by atoms with Crippen LogP contribution in [0.3, 0.4) is 0 Å². The first-order valence-corrected chi connectivity index (χ1v) is 6.74. The molecule has 0 bridgehead atoms. The standard InChI is InChI=1S/C13H25NO2/c1-3-4-9-14(2)12-5-7-13(8-6-12)15-10-11-16-13/h12H,3-11H2,1-2H3. The molecule has 2 fully saturated rings. The predicted molar refractivity (Wildman–Crippen MR) is 64.4 cm³/mol. The summed E-state index contributed by atoms with van der Waals surface area (Å²) < 4.78 is 11.5. The Balaban J connectivity index is 1.75. The number of ether oxygens (including phenoxy) is 2. The first-order valence-electron chi connectivity index (χ1n) is 6.74. The second kappa shape index (κ2) is 5.48. The van der Waals surface area contributed by atoms with Crippen LogP contribution in [0.5, 0.6) is 0 Å². The normalized spacial score (nSPS) is 25.7. The maximum Gasteiger partial charge on any atom is 0.168 e. The minimum absolute atomic E-state index is 0.192. The molecule has 0 amide bonds. The van der Waals surface area contributed by atoms with Crippen molar-refractivity contribution in [1.29, 1.82) is 0 Å². The van der Waals surface area contributed by atoms with E-state index in [0.717, 1.165) is 32.1 Å². The molecule has 0 aromatic rings. The van der Waals surface area contributed by atoms with Crippen LogP contribution in [-0.4, -0.2) is 43.5 Å². The van der Waals surface area contributed by atoms with E-state index in [1.54, 1.807) is 0 Å². The van der Waals surface area contributed by atoms with Gasteiger partial charge in [-0.2, -0.15) is 0 Å². The Morgan fingerprint density at radius 1 is 1.19 bits per heavy atom. The Bertz CT molecular complexity index is 204. The average Bonchev–Trinajstić information content (AvgIpc) is 2.75. The number of unbranched alkanes of at least 4 members (excludes halogenated alkanes) is 1. The molecule has 0 unspecified atom stereocenters. The van der Waals surface area contributed by atoms with Crippen molar-refractivity contribution in [2.45, 2.75) is 57.3 Å². The number of hydrogen-bond acceptors (Lipinski definition) is 3. The van der Waals surface area contributed by atoms with Crippen molar-refractivity contribution >= 4 is 0 Å². The molecule has 3 heteroatoms. The molecule has 2 rings (SSSR count). The number of rotatable bonds is 4. The highest BCUT2D eigenvalue weighted by Gasteiger charge is 2.40. The SMILES string of the molecule is CCCCN(C)C1CCC2(CC1)OCCO2. The van der Waals surface area contributed by atoms with Gasteiger partial charge in [0.15, 0.2) is 5.79 Å². The lowest BCUT2D eigenvalue weighted by Gasteiger charge is -2.39. The van der Waals surface area contributed by atoms with Crippen molar-refractivity contribution in [3.63, 3.8) is 0 Å². The van der Waals surface area contributed by atoms with Crippen LogP contribution in [0, 0.1) is 0 Å². The summed E-state index contributed by atoms with van der Waals surface area (Å²) >= 11 is 0. The monoisotopic (exact) mass is 227 g/mol. The number of hydrogen-bond donors (Lipinski definition) is 0. The molecule has 3 nitrogen and oxygen atoms in total. The van der Waals surface area contributed by atoms with Gasteiger partial charge in [-0.05, 0) is 32.9 Å². The summed E-state index contributed by atoms with van der Waals surface area (Å²) in [5, 5.41) is 0. The quantitative estimate of drug-likeness (QED) is 0.736. The summed E-state index contributed by atoms with van der Waals surface area (Å²) in [6.07, 6.45) is 7.20.